The van der Waals surface area contributed by atoms with Crippen LogP contribution in [-0.2, 0) is 0 Å². The molecule has 0 fully saturated rings. The predicted molar refractivity (Wildman–Crippen MR) is 97.4 cm³/mol. The van der Waals surface area contributed by atoms with Crippen molar-refractivity contribution in [2.24, 2.45) is 0 Å². The summed E-state index contributed by atoms with van der Waals surface area (Å²) in [5, 5.41) is 8.95. The van der Waals surface area contributed by atoms with Crippen molar-refractivity contribution in [1.29, 1.82) is 0 Å². The molecule has 6 nitrogen and oxygen atoms in total. The van der Waals surface area contributed by atoms with Gasteiger partial charge in [-0.15, -0.1) is 0 Å². The van der Waals surface area contributed by atoms with Gasteiger partial charge >= 0.3 is 0 Å². The van der Waals surface area contributed by atoms with Gasteiger partial charge in [0, 0.05) is 11.8 Å². The summed E-state index contributed by atoms with van der Waals surface area (Å²) in [6.07, 6.45) is 5.14. The van der Waals surface area contributed by atoms with Gasteiger partial charge in [0.05, 0.1) is 18.1 Å². The molecule has 1 aromatic carbocycles. The smallest absolute Gasteiger partial charge is 0.154 e. The minimum atomic E-state index is 0.712. The Morgan fingerprint density at radius 1 is 0.692 bits per heavy atom. The molecule has 122 valence electrons. The van der Waals surface area contributed by atoms with Gasteiger partial charge in [0.1, 0.15) is 11.4 Å². The first-order chi connectivity index (χ1) is 12.9. The second kappa shape index (κ2) is 5.83. The van der Waals surface area contributed by atoms with Gasteiger partial charge < -0.3 is 0 Å². The topological polar surface area (TPSA) is 60.4 Å². The summed E-state index contributed by atoms with van der Waals surface area (Å²) in [7, 11) is 0. The summed E-state index contributed by atoms with van der Waals surface area (Å²) in [5.74, 6) is 6.24. The molecule has 4 aromatic heterocycles. The van der Waals surface area contributed by atoms with E-state index in [-0.39, 0.29) is 0 Å². The highest BCUT2D eigenvalue weighted by atomic mass is 15.3. The van der Waals surface area contributed by atoms with Crippen LogP contribution >= 0.6 is 0 Å². The van der Waals surface area contributed by atoms with Crippen molar-refractivity contribution < 1.29 is 0 Å². The molecule has 0 amide bonds. The van der Waals surface area contributed by atoms with Gasteiger partial charge in [-0.25, -0.2) is 19.0 Å². The van der Waals surface area contributed by atoms with Crippen LogP contribution in [0.5, 0.6) is 0 Å². The third-order valence-corrected chi connectivity index (χ3v) is 4.03. The summed E-state index contributed by atoms with van der Waals surface area (Å²) in [6.45, 7) is 0. The van der Waals surface area contributed by atoms with Crippen molar-refractivity contribution >= 4 is 11.3 Å². The van der Waals surface area contributed by atoms with Crippen LogP contribution in [0, 0.1) is 11.8 Å². The van der Waals surface area contributed by atoms with E-state index in [4.69, 9.17) is 0 Å². The number of rotatable bonds is 1. The average molecular weight is 336 g/mol. The third kappa shape index (κ3) is 2.39. The van der Waals surface area contributed by atoms with E-state index < -0.39 is 0 Å². The van der Waals surface area contributed by atoms with E-state index in [1.54, 1.807) is 27.6 Å². The Labute approximate surface area is 148 Å². The summed E-state index contributed by atoms with van der Waals surface area (Å²) < 4.78 is 3.46. The van der Waals surface area contributed by atoms with Crippen LogP contribution in [-0.4, -0.2) is 29.2 Å². The van der Waals surface area contributed by atoms with Crippen LogP contribution in [0.15, 0.2) is 73.2 Å². The Hall–Kier alpha value is -3.98. The highest BCUT2D eigenvalue weighted by Gasteiger charge is 2.06. The summed E-state index contributed by atoms with van der Waals surface area (Å²) in [4.78, 5) is 8.67. The Morgan fingerprint density at radius 3 is 2.23 bits per heavy atom. The quantitative estimate of drug-likeness (QED) is 0.442. The molecule has 0 radical (unpaired) electrons. The molecular weight excluding hydrogens is 324 g/mol. The average Bonchev–Trinajstić information content (AvgIpc) is 3.30. The monoisotopic (exact) mass is 336 g/mol. The highest BCUT2D eigenvalue weighted by Crippen LogP contribution is 2.17. The maximum atomic E-state index is 4.68. The number of aromatic nitrogens is 6. The van der Waals surface area contributed by atoms with E-state index in [1.165, 1.54) is 0 Å². The first-order valence-corrected chi connectivity index (χ1v) is 8.09. The van der Waals surface area contributed by atoms with Gasteiger partial charge in [-0.1, -0.05) is 30.3 Å². The van der Waals surface area contributed by atoms with E-state index in [0.29, 0.717) is 5.69 Å². The van der Waals surface area contributed by atoms with Crippen molar-refractivity contribution in [2.75, 3.05) is 0 Å². The van der Waals surface area contributed by atoms with Gasteiger partial charge in [0.2, 0.25) is 0 Å². The molecule has 0 spiro atoms. The van der Waals surface area contributed by atoms with Gasteiger partial charge in [-0.05, 0) is 36.1 Å². The van der Waals surface area contributed by atoms with Crippen molar-refractivity contribution in [1.82, 2.24) is 29.2 Å². The number of hydrogen-bond donors (Lipinski definition) is 0. The minimum absolute atomic E-state index is 0.712. The Balaban J connectivity index is 1.60. The molecule has 0 aliphatic heterocycles. The Morgan fingerprint density at radius 2 is 1.42 bits per heavy atom. The summed E-state index contributed by atoms with van der Waals surface area (Å²) in [6, 6.07) is 17.7. The molecule has 5 rings (SSSR count). The zero-order valence-electron chi connectivity index (χ0n) is 13.6. The zero-order chi connectivity index (χ0) is 17.3. The highest BCUT2D eigenvalue weighted by molar-refractivity contribution is 5.60. The summed E-state index contributed by atoms with van der Waals surface area (Å²) >= 11 is 0. The van der Waals surface area contributed by atoms with Gasteiger partial charge in [-0.2, -0.15) is 10.2 Å². The van der Waals surface area contributed by atoms with Crippen LogP contribution < -0.4 is 0 Å². The van der Waals surface area contributed by atoms with Crippen LogP contribution in [0.1, 0.15) is 11.4 Å². The lowest BCUT2D eigenvalue weighted by atomic mass is 10.1. The maximum absolute atomic E-state index is 4.68. The number of benzene rings is 1. The molecule has 0 saturated heterocycles. The molecule has 6 heteroatoms. The summed E-state index contributed by atoms with van der Waals surface area (Å²) in [5.41, 5.74) is 4.87. The van der Waals surface area contributed by atoms with E-state index >= 15 is 0 Å². The van der Waals surface area contributed by atoms with Gasteiger partial charge in [-0.3, -0.25) is 0 Å². The largest absolute Gasteiger partial charge is 0.234 e. The lowest BCUT2D eigenvalue weighted by Crippen LogP contribution is -1.97. The number of fused-ring (bicyclic) bond motifs is 2. The fourth-order valence-corrected chi connectivity index (χ4v) is 2.76. The van der Waals surface area contributed by atoms with Crippen LogP contribution in [0.4, 0.5) is 0 Å². The number of imidazole rings is 2. The van der Waals surface area contributed by atoms with E-state index in [2.05, 4.69) is 32.0 Å². The molecule has 0 aliphatic rings. The standard InChI is InChI=1S/C20H12N6/c1-2-5-15(6-3-1)18-10-11-20-22-14-17(26(20)24-18)9-8-16-13-21-19-7-4-12-23-25(16)19/h1-7,10-14H. The minimum Gasteiger partial charge on any atom is -0.234 e. The molecule has 0 saturated carbocycles. The molecule has 0 unspecified atom stereocenters. The molecule has 0 aliphatic carbocycles. The normalized spacial score (nSPS) is 10.8. The van der Waals surface area contributed by atoms with E-state index in [0.717, 1.165) is 28.2 Å². The Kier molecular flexibility index (Phi) is 3.22. The number of hydrogen-bond acceptors (Lipinski definition) is 4. The first-order valence-electron chi connectivity index (χ1n) is 8.09. The molecule has 0 atom stereocenters. The zero-order valence-corrected chi connectivity index (χ0v) is 13.6. The van der Waals surface area contributed by atoms with Crippen LogP contribution in [0.3, 0.4) is 0 Å². The lowest BCUT2D eigenvalue weighted by Gasteiger charge is -2.01. The Bertz CT molecular complexity index is 1290. The SMILES string of the molecule is C(#Cc1cnc2ccc(-c3ccccc3)nn12)c1cnc2cccnn12. The molecule has 26 heavy (non-hydrogen) atoms. The third-order valence-electron chi connectivity index (χ3n) is 4.03. The maximum Gasteiger partial charge on any atom is 0.154 e. The van der Waals surface area contributed by atoms with E-state index in [9.17, 15) is 0 Å². The predicted octanol–water partition coefficient (Wildman–Crippen LogP) is 2.84. The molecule has 5 aromatic rings. The van der Waals surface area contributed by atoms with Crippen molar-refractivity contribution in [3.05, 3.63) is 84.6 Å². The molecular formula is C20H12N6. The molecule has 4 heterocycles. The second-order valence-corrected chi connectivity index (χ2v) is 5.69. The molecule has 0 N–H and O–H groups in total. The van der Waals surface area contributed by atoms with Crippen molar-refractivity contribution in [3.63, 3.8) is 0 Å². The van der Waals surface area contributed by atoms with Crippen molar-refractivity contribution in [2.45, 2.75) is 0 Å². The lowest BCUT2D eigenvalue weighted by molar-refractivity contribution is 0.921. The fourth-order valence-electron chi connectivity index (χ4n) is 2.76. The van der Waals surface area contributed by atoms with Gasteiger partial charge in [0.25, 0.3) is 0 Å². The second-order valence-electron chi connectivity index (χ2n) is 5.69. The molecule has 0 bridgehead atoms. The number of nitrogens with zero attached hydrogens (tertiary/aromatic N) is 6. The first kappa shape index (κ1) is 14.4. The van der Waals surface area contributed by atoms with Gasteiger partial charge in [0.15, 0.2) is 11.3 Å². The fraction of sp³-hybridized carbons (Fsp3) is 0. The van der Waals surface area contributed by atoms with Crippen LogP contribution in [0.25, 0.3) is 22.6 Å². The van der Waals surface area contributed by atoms with E-state index in [1.807, 2.05) is 54.6 Å². The van der Waals surface area contributed by atoms with Crippen LogP contribution in [0.2, 0.25) is 0 Å². The van der Waals surface area contributed by atoms with Crippen molar-refractivity contribution in [3.8, 4) is 23.1 Å².